The number of hydrogen-bond donors (Lipinski definition) is 0. The number of nitrogens with zero attached hydrogens (tertiary/aromatic N) is 1. The molecule has 0 radical (unpaired) electrons. The van der Waals surface area contributed by atoms with Gasteiger partial charge in [-0.2, -0.15) is 0 Å². The van der Waals surface area contributed by atoms with Crippen molar-refractivity contribution in [3.63, 3.8) is 0 Å². The van der Waals surface area contributed by atoms with Gasteiger partial charge in [-0.3, -0.25) is 9.69 Å². The molecule has 1 aliphatic carbocycles. The zero-order valence-electron chi connectivity index (χ0n) is 10.6. The maximum absolute atomic E-state index is 12.2. The van der Waals surface area contributed by atoms with Crippen LogP contribution in [0.4, 0.5) is 0 Å². The van der Waals surface area contributed by atoms with Gasteiger partial charge in [0.15, 0.2) is 5.78 Å². The van der Waals surface area contributed by atoms with E-state index in [1.54, 1.807) is 19.2 Å². The number of ketones is 1. The Bertz CT molecular complexity index is 418. The van der Waals surface area contributed by atoms with Gasteiger partial charge < -0.3 is 4.74 Å². The lowest BCUT2D eigenvalue weighted by molar-refractivity contribution is 0.0886. The SMILES string of the molecule is COCCN(CC(=O)c1ccccc1Cl)C1CC1. The third-order valence-corrected chi connectivity index (χ3v) is 3.50. The highest BCUT2D eigenvalue weighted by Gasteiger charge is 2.30. The molecule has 0 aliphatic heterocycles. The van der Waals surface area contributed by atoms with Gasteiger partial charge in [0, 0.05) is 25.3 Å². The molecule has 0 atom stereocenters. The van der Waals surface area contributed by atoms with Crippen LogP contribution in [0.25, 0.3) is 0 Å². The van der Waals surface area contributed by atoms with Crippen LogP contribution < -0.4 is 0 Å². The fourth-order valence-electron chi connectivity index (χ4n) is 2.00. The van der Waals surface area contributed by atoms with Crippen molar-refractivity contribution in [2.75, 3.05) is 26.8 Å². The standard InChI is InChI=1S/C14H18ClNO2/c1-18-9-8-16(11-6-7-11)10-14(17)12-4-2-3-5-13(12)15/h2-5,11H,6-10H2,1H3. The molecule has 0 bridgehead atoms. The van der Waals surface area contributed by atoms with E-state index in [1.165, 1.54) is 12.8 Å². The van der Waals surface area contributed by atoms with Crippen molar-refractivity contribution in [3.05, 3.63) is 34.9 Å². The molecule has 1 saturated carbocycles. The number of halogens is 1. The van der Waals surface area contributed by atoms with Crippen LogP contribution in [0.1, 0.15) is 23.2 Å². The molecular weight excluding hydrogens is 250 g/mol. The van der Waals surface area contributed by atoms with Crippen molar-refractivity contribution in [1.82, 2.24) is 4.90 Å². The Labute approximate surface area is 113 Å². The van der Waals surface area contributed by atoms with Crippen LogP contribution >= 0.6 is 11.6 Å². The summed E-state index contributed by atoms with van der Waals surface area (Å²) >= 11 is 6.04. The van der Waals surface area contributed by atoms with Crippen LogP contribution in [0.5, 0.6) is 0 Å². The first-order chi connectivity index (χ1) is 8.72. The van der Waals surface area contributed by atoms with Gasteiger partial charge in [0.25, 0.3) is 0 Å². The van der Waals surface area contributed by atoms with Gasteiger partial charge in [0.2, 0.25) is 0 Å². The van der Waals surface area contributed by atoms with Gasteiger partial charge >= 0.3 is 0 Å². The molecule has 0 spiro atoms. The van der Waals surface area contributed by atoms with E-state index in [9.17, 15) is 4.79 Å². The number of hydrogen-bond acceptors (Lipinski definition) is 3. The molecule has 0 heterocycles. The van der Waals surface area contributed by atoms with Crippen molar-refractivity contribution in [2.24, 2.45) is 0 Å². The van der Waals surface area contributed by atoms with Gasteiger partial charge in [0.05, 0.1) is 18.2 Å². The molecule has 0 amide bonds. The first kappa shape index (κ1) is 13.5. The average molecular weight is 268 g/mol. The second kappa shape index (κ2) is 6.32. The first-order valence-corrected chi connectivity index (χ1v) is 6.61. The van der Waals surface area contributed by atoms with Crippen LogP contribution in [0.3, 0.4) is 0 Å². The number of carbonyl (C=O) groups excluding carboxylic acids is 1. The summed E-state index contributed by atoms with van der Waals surface area (Å²) in [5.74, 6) is 0.0867. The van der Waals surface area contributed by atoms with Crippen molar-refractivity contribution < 1.29 is 9.53 Å². The first-order valence-electron chi connectivity index (χ1n) is 6.23. The van der Waals surface area contributed by atoms with Crippen LogP contribution in [0, 0.1) is 0 Å². The summed E-state index contributed by atoms with van der Waals surface area (Å²) in [5.41, 5.74) is 0.613. The van der Waals surface area contributed by atoms with E-state index in [-0.39, 0.29) is 5.78 Å². The van der Waals surface area contributed by atoms with Gasteiger partial charge in [-0.05, 0) is 25.0 Å². The summed E-state index contributed by atoms with van der Waals surface area (Å²) < 4.78 is 5.08. The Balaban J connectivity index is 1.98. The zero-order valence-corrected chi connectivity index (χ0v) is 11.3. The van der Waals surface area contributed by atoms with Crippen LogP contribution in [-0.2, 0) is 4.74 Å². The van der Waals surface area contributed by atoms with Gasteiger partial charge in [0.1, 0.15) is 0 Å². The molecule has 3 nitrogen and oxygen atoms in total. The lowest BCUT2D eigenvalue weighted by atomic mass is 10.1. The minimum absolute atomic E-state index is 0.0867. The van der Waals surface area contributed by atoms with Crippen molar-refractivity contribution in [3.8, 4) is 0 Å². The lowest BCUT2D eigenvalue weighted by Crippen LogP contribution is -2.34. The largest absolute Gasteiger partial charge is 0.383 e. The third kappa shape index (κ3) is 3.55. The molecule has 0 unspecified atom stereocenters. The topological polar surface area (TPSA) is 29.5 Å². The molecule has 18 heavy (non-hydrogen) atoms. The highest BCUT2D eigenvalue weighted by Crippen LogP contribution is 2.27. The molecule has 98 valence electrons. The smallest absolute Gasteiger partial charge is 0.178 e. The second-order valence-corrected chi connectivity index (χ2v) is 5.00. The molecule has 1 aromatic rings. The predicted molar refractivity (Wildman–Crippen MR) is 72.3 cm³/mol. The molecule has 2 rings (SSSR count). The summed E-state index contributed by atoms with van der Waals surface area (Å²) in [6, 6.07) is 7.77. The Morgan fingerprint density at radius 2 is 2.17 bits per heavy atom. The van der Waals surface area contributed by atoms with Crippen molar-refractivity contribution in [2.45, 2.75) is 18.9 Å². The molecule has 1 fully saturated rings. The molecule has 0 saturated heterocycles. The fraction of sp³-hybridized carbons (Fsp3) is 0.500. The van der Waals surface area contributed by atoms with Crippen LogP contribution in [0.15, 0.2) is 24.3 Å². The van der Waals surface area contributed by atoms with Gasteiger partial charge in [-0.25, -0.2) is 0 Å². The van der Waals surface area contributed by atoms with E-state index < -0.39 is 0 Å². The summed E-state index contributed by atoms with van der Waals surface area (Å²) in [6.45, 7) is 1.89. The Hall–Kier alpha value is -0.900. The van der Waals surface area contributed by atoms with Crippen LogP contribution in [0.2, 0.25) is 5.02 Å². The summed E-state index contributed by atoms with van der Waals surface area (Å²) in [7, 11) is 1.68. The van der Waals surface area contributed by atoms with E-state index in [1.807, 2.05) is 12.1 Å². The van der Waals surface area contributed by atoms with Crippen LogP contribution in [-0.4, -0.2) is 43.5 Å². The average Bonchev–Trinajstić information content (AvgIpc) is 3.19. The van der Waals surface area contributed by atoms with Gasteiger partial charge in [-0.1, -0.05) is 23.7 Å². The number of carbonyl (C=O) groups is 1. The predicted octanol–water partition coefficient (Wildman–Crippen LogP) is 2.63. The minimum Gasteiger partial charge on any atom is -0.383 e. The number of Topliss-reactive ketones (excluding diaryl/α,β-unsaturated/α-hetero) is 1. The second-order valence-electron chi connectivity index (χ2n) is 4.60. The minimum atomic E-state index is 0.0867. The quantitative estimate of drug-likeness (QED) is 0.712. The molecule has 0 N–H and O–H groups in total. The van der Waals surface area contributed by atoms with E-state index in [0.29, 0.717) is 29.8 Å². The summed E-state index contributed by atoms with van der Waals surface area (Å²) in [5, 5.41) is 0.532. The molecule has 4 heteroatoms. The van der Waals surface area contributed by atoms with E-state index in [0.717, 1.165) is 6.54 Å². The number of benzene rings is 1. The van der Waals surface area contributed by atoms with Crippen molar-refractivity contribution in [1.29, 1.82) is 0 Å². The normalized spacial score (nSPS) is 15.1. The highest BCUT2D eigenvalue weighted by atomic mass is 35.5. The zero-order chi connectivity index (χ0) is 13.0. The number of methoxy groups -OCH3 is 1. The maximum atomic E-state index is 12.2. The van der Waals surface area contributed by atoms with E-state index in [4.69, 9.17) is 16.3 Å². The molecule has 1 aromatic carbocycles. The van der Waals surface area contributed by atoms with E-state index >= 15 is 0 Å². The van der Waals surface area contributed by atoms with Gasteiger partial charge in [-0.15, -0.1) is 0 Å². The fourth-order valence-corrected chi connectivity index (χ4v) is 2.24. The Morgan fingerprint density at radius 1 is 1.44 bits per heavy atom. The molecular formula is C14H18ClNO2. The summed E-state index contributed by atoms with van der Waals surface area (Å²) in [6.07, 6.45) is 2.36. The number of ether oxygens (including phenoxy) is 1. The third-order valence-electron chi connectivity index (χ3n) is 3.17. The monoisotopic (exact) mass is 267 g/mol. The van der Waals surface area contributed by atoms with E-state index in [2.05, 4.69) is 4.90 Å². The molecule has 1 aliphatic rings. The van der Waals surface area contributed by atoms with Crippen molar-refractivity contribution >= 4 is 17.4 Å². The maximum Gasteiger partial charge on any atom is 0.178 e. The Kier molecular flexibility index (Phi) is 4.75. The lowest BCUT2D eigenvalue weighted by Gasteiger charge is -2.20. The number of rotatable bonds is 7. The molecule has 0 aromatic heterocycles. The highest BCUT2D eigenvalue weighted by molar-refractivity contribution is 6.34. The summed E-state index contributed by atoms with van der Waals surface area (Å²) in [4.78, 5) is 14.4. The Morgan fingerprint density at radius 3 is 2.78 bits per heavy atom.